The van der Waals surface area contributed by atoms with Gasteiger partial charge in [0.2, 0.25) is 5.60 Å². The third-order valence-electron chi connectivity index (χ3n) is 8.16. The molecule has 2 heterocycles. The summed E-state index contributed by atoms with van der Waals surface area (Å²) in [6.07, 6.45) is -5.91. The molecule has 3 unspecified atom stereocenters. The van der Waals surface area contributed by atoms with Gasteiger partial charge >= 0.3 is 6.18 Å². The molecular formula is C35H40F4N2O7S. The van der Waals surface area contributed by atoms with Gasteiger partial charge in [0.05, 0.1) is 40.7 Å². The molecule has 4 rings (SSSR count). The molecule has 3 aromatic rings. The Balaban J connectivity index is 1.84. The number of carbonyl (C=O) groups excluding carboxylic acids is 2. The van der Waals surface area contributed by atoms with Gasteiger partial charge in [-0.1, -0.05) is 6.92 Å². The molecule has 0 amide bonds. The number of aldehydes is 1. The van der Waals surface area contributed by atoms with Gasteiger partial charge in [0.25, 0.3) is 0 Å². The van der Waals surface area contributed by atoms with Crippen molar-refractivity contribution < 1.29 is 50.7 Å². The van der Waals surface area contributed by atoms with E-state index < -0.39 is 63.2 Å². The average Bonchev–Trinajstić information content (AvgIpc) is 3.41. The molecule has 0 saturated heterocycles. The standard InChI is InChI=1S/C35H40F4N2O7S/c1-6-18-47-27-13-10-23(19-28(27)46-5)26(43)14-16-34(44,35(37,38)39)29-20-25-31(30(40-29)22-8-11-24(36)12-9-22)48-21-33(25,15-7-17-42)41-49(45)32(2,3)4/h8-13,17,19-20,41,44H,6-7,14-16,18,21H2,1-5H3. The Bertz CT molecular complexity index is 1690. The maximum Gasteiger partial charge on any atom is 0.422 e. The lowest BCUT2D eigenvalue weighted by molar-refractivity contribution is -0.270. The second-order valence-corrected chi connectivity index (χ2v) is 14.8. The summed E-state index contributed by atoms with van der Waals surface area (Å²) >= 11 is 0. The van der Waals surface area contributed by atoms with Crippen LogP contribution in [0.2, 0.25) is 0 Å². The van der Waals surface area contributed by atoms with Gasteiger partial charge in [-0.3, -0.25) is 4.79 Å². The molecule has 0 saturated carbocycles. The van der Waals surface area contributed by atoms with Crippen molar-refractivity contribution >= 4 is 23.1 Å². The minimum absolute atomic E-state index is 0.0135. The molecule has 14 heteroatoms. The molecule has 1 aromatic heterocycles. The number of alkyl halides is 3. The van der Waals surface area contributed by atoms with Gasteiger partial charge in [0, 0.05) is 29.5 Å². The molecular weight excluding hydrogens is 668 g/mol. The van der Waals surface area contributed by atoms with Gasteiger partial charge in [-0.2, -0.15) is 13.2 Å². The Morgan fingerprint density at radius 2 is 1.82 bits per heavy atom. The van der Waals surface area contributed by atoms with Crippen molar-refractivity contribution in [1.82, 2.24) is 9.71 Å². The van der Waals surface area contributed by atoms with Gasteiger partial charge in [-0.25, -0.2) is 18.3 Å². The number of halogens is 4. The van der Waals surface area contributed by atoms with Crippen LogP contribution in [0.5, 0.6) is 17.2 Å². The number of aliphatic hydroxyl groups is 1. The number of fused-ring (bicyclic) bond motifs is 1. The van der Waals surface area contributed by atoms with E-state index in [0.717, 1.165) is 18.2 Å². The van der Waals surface area contributed by atoms with Crippen LogP contribution in [0, 0.1) is 5.82 Å². The average molecular weight is 709 g/mol. The summed E-state index contributed by atoms with van der Waals surface area (Å²) in [7, 11) is -0.410. The van der Waals surface area contributed by atoms with E-state index in [9.17, 15) is 23.3 Å². The van der Waals surface area contributed by atoms with Gasteiger partial charge < -0.3 is 24.1 Å². The molecule has 0 aliphatic carbocycles. The number of benzene rings is 2. The van der Waals surface area contributed by atoms with Crippen LogP contribution in [0.15, 0.2) is 48.5 Å². The van der Waals surface area contributed by atoms with Crippen LogP contribution >= 0.6 is 0 Å². The number of hydrogen-bond acceptors (Lipinski definition) is 8. The number of ether oxygens (including phenoxy) is 3. The van der Waals surface area contributed by atoms with E-state index >= 15 is 13.2 Å². The fraction of sp³-hybridized carbons (Fsp3) is 0.457. The van der Waals surface area contributed by atoms with E-state index in [1.165, 1.54) is 37.4 Å². The summed E-state index contributed by atoms with van der Waals surface area (Å²) in [4.78, 5) is 29.0. The van der Waals surface area contributed by atoms with Crippen molar-refractivity contribution in [2.45, 2.75) is 81.9 Å². The van der Waals surface area contributed by atoms with E-state index in [0.29, 0.717) is 25.1 Å². The van der Waals surface area contributed by atoms with Crippen molar-refractivity contribution in [2.24, 2.45) is 0 Å². The SMILES string of the molecule is CCCOc1ccc(C(=O)CCC(O)(c2cc3c(c(-c4ccc(F)cc4)n2)OCC3(CCC=O)NS(=O)C(C)(C)C)C(F)(F)F)cc1OC. The topological polar surface area (TPSA) is 124 Å². The summed E-state index contributed by atoms with van der Waals surface area (Å²) in [5.74, 6) is -0.690. The fourth-order valence-corrected chi connectivity index (χ4v) is 6.26. The Labute approximate surface area is 285 Å². The highest BCUT2D eigenvalue weighted by Crippen LogP contribution is 2.50. The number of rotatable bonds is 15. The second kappa shape index (κ2) is 14.9. The number of pyridine rings is 1. The van der Waals surface area contributed by atoms with Crippen LogP contribution in [0.1, 0.15) is 81.4 Å². The largest absolute Gasteiger partial charge is 0.493 e. The molecule has 1 aliphatic heterocycles. The minimum atomic E-state index is -5.32. The first kappa shape index (κ1) is 37.9. The van der Waals surface area contributed by atoms with Crippen molar-refractivity contribution in [2.75, 3.05) is 20.3 Å². The number of aromatic nitrogens is 1. The Kier molecular flexibility index (Phi) is 11.6. The molecule has 1 aliphatic rings. The molecule has 0 radical (unpaired) electrons. The van der Waals surface area contributed by atoms with Crippen LogP contribution < -0.4 is 18.9 Å². The zero-order valence-electron chi connectivity index (χ0n) is 27.9. The summed E-state index contributed by atoms with van der Waals surface area (Å²) in [6.45, 7) is 7.17. The second-order valence-electron chi connectivity index (χ2n) is 12.8. The van der Waals surface area contributed by atoms with E-state index in [1.54, 1.807) is 20.8 Å². The number of Topliss-reactive ketones (excluding diaryl/α,β-unsaturated/α-hetero) is 1. The zero-order valence-corrected chi connectivity index (χ0v) is 28.7. The van der Waals surface area contributed by atoms with E-state index in [1.807, 2.05) is 6.92 Å². The van der Waals surface area contributed by atoms with Gasteiger partial charge in [-0.15, -0.1) is 0 Å². The number of nitrogens with zero attached hydrogens (tertiary/aromatic N) is 1. The quantitative estimate of drug-likeness (QED) is 0.101. The molecule has 49 heavy (non-hydrogen) atoms. The predicted octanol–water partition coefficient (Wildman–Crippen LogP) is 6.72. The maximum absolute atomic E-state index is 15.0. The Morgan fingerprint density at radius 3 is 2.41 bits per heavy atom. The molecule has 2 N–H and O–H groups in total. The van der Waals surface area contributed by atoms with E-state index in [4.69, 9.17) is 14.2 Å². The monoisotopic (exact) mass is 708 g/mol. The van der Waals surface area contributed by atoms with Crippen molar-refractivity contribution in [1.29, 1.82) is 0 Å². The van der Waals surface area contributed by atoms with Crippen LogP contribution in [0.3, 0.4) is 0 Å². The van der Waals surface area contributed by atoms with Gasteiger partial charge in [-0.05, 0) is 88.6 Å². The number of ketones is 1. The highest BCUT2D eigenvalue weighted by atomic mass is 32.2. The van der Waals surface area contributed by atoms with Crippen molar-refractivity contribution in [3.63, 3.8) is 0 Å². The van der Waals surface area contributed by atoms with Gasteiger partial charge in [0.1, 0.15) is 24.4 Å². The lowest BCUT2D eigenvalue weighted by Gasteiger charge is -2.34. The Morgan fingerprint density at radius 1 is 1.12 bits per heavy atom. The number of nitrogens with one attached hydrogen (secondary N) is 1. The third kappa shape index (κ3) is 8.13. The van der Waals surface area contributed by atoms with Crippen molar-refractivity contribution in [3.05, 3.63) is 71.2 Å². The van der Waals surface area contributed by atoms with Crippen LogP contribution in [0.4, 0.5) is 17.6 Å². The predicted molar refractivity (Wildman–Crippen MR) is 175 cm³/mol. The van der Waals surface area contributed by atoms with Gasteiger partial charge in [0.15, 0.2) is 23.0 Å². The number of hydrogen-bond donors (Lipinski definition) is 2. The van der Waals surface area contributed by atoms with E-state index in [2.05, 4.69) is 9.71 Å². The zero-order chi connectivity index (χ0) is 36.2. The highest BCUT2D eigenvalue weighted by molar-refractivity contribution is 7.84. The molecule has 9 nitrogen and oxygen atoms in total. The lowest BCUT2D eigenvalue weighted by Crippen LogP contribution is -2.49. The lowest BCUT2D eigenvalue weighted by atomic mass is 9.84. The maximum atomic E-state index is 15.0. The molecule has 3 atom stereocenters. The first-order valence-electron chi connectivity index (χ1n) is 15.7. The van der Waals surface area contributed by atoms with Crippen LogP contribution in [-0.4, -0.2) is 57.6 Å². The summed E-state index contributed by atoms with van der Waals surface area (Å²) in [5.41, 5.74) is -5.75. The molecule has 266 valence electrons. The molecule has 0 fully saturated rings. The van der Waals surface area contributed by atoms with E-state index in [-0.39, 0.29) is 53.3 Å². The summed E-state index contributed by atoms with van der Waals surface area (Å²) in [5, 5.41) is 11.5. The van der Waals surface area contributed by atoms with Crippen LogP contribution in [0.25, 0.3) is 11.3 Å². The summed E-state index contributed by atoms with van der Waals surface area (Å²) in [6, 6.07) is 10.1. The molecule has 0 bridgehead atoms. The first-order chi connectivity index (χ1) is 23.0. The first-order valence-corrected chi connectivity index (χ1v) is 16.9. The van der Waals surface area contributed by atoms with Crippen molar-refractivity contribution in [3.8, 4) is 28.5 Å². The third-order valence-corrected chi connectivity index (χ3v) is 9.84. The Hall–Kier alpha value is -3.88. The number of methoxy groups -OCH3 is 1. The minimum Gasteiger partial charge on any atom is -0.493 e. The number of carbonyl (C=O) groups is 2. The normalized spacial score (nSPS) is 17.8. The fourth-order valence-electron chi connectivity index (χ4n) is 5.33. The summed E-state index contributed by atoms with van der Waals surface area (Å²) < 4.78 is 91.4. The molecule has 0 spiro atoms. The highest BCUT2D eigenvalue weighted by Gasteiger charge is 2.57. The van der Waals surface area contributed by atoms with Crippen LogP contribution in [-0.2, 0) is 26.9 Å². The molecule has 2 aromatic carbocycles. The smallest absolute Gasteiger partial charge is 0.422 e.